The maximum atomic E-state index is 12.5. The zero-order valence-electron chi connectivity index (χ0n) is 16.8. The van der Waals surface area contributed by atoms with Crippen LogP contribution in [-0.2, 0) is 6.42 Å². The Balaban J connectivity index is 1.50. The highest BCUT2D eigenvalue weighted by Gasteiger charge is 2.15. The second kappa shape index (κ2) is 8.29. The van der Waals surface area contributed by atoms with E-state index in [1.807, 2.05) is 44.2 Å². The number of rotatable bonds is 4. The predicted molar refractivity (Wildman–Crippen MR) is 123 cm³/mol. The summed E-state index contributed by atoms with van der Waals surface area (Å²) in [6.45, 7) is 5.93. The van der Waals surface area contributed by atoms with Gasteiger partial charge in [0.25, 0.3) is 5.91 Å². The van der Waals surface area contributed by atoms with Crippen molar-refractivity contribution in [2.24, 2.45) is 0 Å². The molecule has 152 valence electrons. The van der Waals surface area contributed by atoms with Gasteiger partial charge in [0.1, 0.15) is 5.01 Å². The molecular weight excluding hydrogens is 416 g/mol. The molecule has 2 aromatic heterocycles. The van der Waals surface area contributed by atoms with E-state index < -0.39 is 0 Å². The summed E-state index contributed by atoms with van der Waals surface area (Å²) in [5.74, 6) is 0.503. The van der Waals surface area contributed by atoms with Gasteiger partial charge in [-0.3, -0.25) is 10.1 Å². The fourth-order valence-electron chi connectivity index (χ4n) is 3.05. The number of anilines is 1. The van der Waals surface area contributed by atoms with Crippen LogP contribution in [0.5, 0.6) is 0 Å². The molecule has 2 N–H and O–H groups in total. The van der Waals surface area contributed by atoms with Crippen LogP contribution in [0.15, 0.2) is 42.5 Å². The fraction of sp³-hybridized carbons (Fsp3) is 0.190. The van der Waals surface area contributed by atoms with Crippen molar-refractivity contribution in [3.8, 4) is 10.6 Å². The lowest BCUT2D eigenvalue weighted by molar-refractivity contribution is 0.0977. The Bertz CT molecular complexity index is 1240. The lowest BCUT2D eigenvalue weighted by Crippen LogP contribution is -2.34. The third kappa shape index (κ3) is 3.94. The topological polar surface area (TPSA) is 84.2 Å². The molecule has 4 aromatic rings. The van der Waals surface area contributed by atoms with Gasteiger partial charge in [0.15, 0.2) is 10.9 Å². The maximum Gasteiger partial charge on any atom is 0.257 e. The van der Waals surface area contributed by atoms with Gasteiger partial charge in [-0.2, -0.15) is 9.61 Å². The average molecular weight is 437 g/mol. The number of carbonyl (C=O) groups excluding carboxylic acids is 1. The predicted octanol–water partition coefficient (Wildman–Crippen LogP) is 4.16. The highest BCUT2D eigenvalue weighted by atomic mass is 32.1. The molecule has 30 heavy (non-hydrogen) atoms. The van der Waals surface area contributed by atoms with E-state index in [0.717, 1.165) is 39.0 Å². The number of thiocarbonyl (C=S) groups is 1. The van der Waals surface area contributed by atoms with Gasteiger partial charge < -0.3 is 5.32 Å². The second-order valence-electron chi connectivity index (χ2n) is 6.79. The second-order valence-corrected chi connectivity index (χ2v) is 8.15. The summed E-state index contributed by atoms with van der Waals surface area (Å²) in [6, 6.07) is 13.3. The molecule has 9 heteroatoms. The molecule has 0 bridgehead atoms. The Morgan fingerprint density at radius 2 is 1.90 bits per heavy atom. The number of hydrogen-bond acceptors (Lipinski definition) is 6. The van der Waals surface area contributed by atoms with Crippen molar-refractivity contribution in [2.45, 2.75) is 27.2 Å². The van der Waals surface area contributed by atoms with Crippen molar-refractivity contribution in [1.29, 1.82) is 0 Å². The lowest BCUT2D eigenvalue weighted by atomic mass is 10.1. The first-order chi connectivity index (χ1) is 14.5. The van der Waals surface area contributed by atoms with Crippen LogP contribution in [0.1, 0.15) is 34.2 Å². The Hall–Kier alpha value is -3.17. The van der Waals surface area contributed by atoms with E-state index in [-0.39, 0.29) is 11.0 Å². The molecule has 0 saturated carbocycles. The van der Waals surface area contributed by atoms with Crippen LogP contribution in [0.25, 0.3) is 15.5 Å². The van der Waals surface area contributed by atoms with Crippen LogP contribution in [-0.4, -0.2) is 30.8 Å². The number of carbonyl (C=O) groups is 1. The molecule has 4 rings (SSSR count). The normalized spacial score (nSPS) is 10.9. The van der Waals surface area contributed by atoms with Crippen molar-refractivity contribution in [1.82, 2.24) is 25.1 Å². The number of fused-ring (bicyclic) bond motifs is 1. The summed E-state index contributed by atoms with van der Waals surface area (Å²) < 4.78 is 1.73. The van der Waals surface area contributed by atoms with Crippen LogP contribution in [0.2, 0.25) is 0 Å². The molecule has 0 aliphatic carbocycles. The minimum absolute atomic E-state index is 0.243. The van der Waals surface area contributed by atoms with Crippen LogP contribution in [0.4, 0.5) is 5.69 Å². The van der Waals surface area contributed by atoms with Crippen molar-refractivity contribution >= 4 is 45.2 Å². The molecule has 0 unspecified atom stereocenters. The third-order valence-corrected chi connectivity index (χ3v) is 5.95. The number of aryl methyl sites for hydroxylation is 2. The minimum Gasteiger partial charge on any atom is -0.332 e. The largest absolute Gasteiger partial charge is 0.332 e. The van der Waals surface area contributed by atoms with Crippen LogP contribution in [0.3, 0.4) is 0 Å². The van der Waals surface area contributed by atoms with Gasteiger partial charge in [0, 0.05) is 16.8 Å². The van der Waals surface area contributed by atoms with Gasteiger partial charge in [-0.25, -0.2) is 0 Å². The molecule has 7 nitrogen and oxygen atoms in total. The van der Waals surface area contributed by atoms with Gasteiger partial charge in [-0.1, -0.05) is 42.5 Å². The first-order valence-electron chi connectivity index (χ1n) is 9.46. The van der Waals surface area contributed by atoms with Crippen molar-refractivity contribution in [3.05, 3.63) is 65.0 Å². The highest BCUT2D eigenvalue weighted by molar-refractivity contribution is 7.80. The number of amides is 1. The summed E-state index contributed by atoms with van der Waals surface area (Å²) in [5.41, 5.74) is 4.50. The molecule has 0 saturated heterocycles. The fourth-order valence-corrected chi connectivity index (χ4v) is 4.22. The SMILES string of the molecule is CCc1ccc(C(=O)NC(=S)Nc2cccc(-c3nn4c(C)nnc4s3)c2C)cc1. The van der Waals surface area contributed by atoms with E-state index in [0.29, 0.717) is 5.56 Å². The van der Waals surface area contributed by atoms with E-state index in [1.165, 1.54) is 16.9 Å². The molecule has 0 fully saturated rings. The monoisotopic (exact) mass is 436 g/mol. The Kier molecular flexibility index (Phi) is 5.56. The number of benzene rings is 2. The summed E-state index contributed by atoms with van der Waals surface area (Å²) in [6.07, 6.45) is 0.929. The van der Waals surface area contributed by atoms with E-state index >= 15 is 0 Å². The smallest absolute Gasteiger partial charge is 0.257 e. The Morgan fingerprint density at radius 1 is 1.13 bits per heavy atom. The zero-order valence-corrected chi connectivity index (χ0v) is 18.4. The highest BCUT2D eigenvalue weighted by Crippen LogP contribution is 2.31. The molecule has 1 amide bonds. The Labute approximate surface area is 183 Å². The molecule has 0 spiro atoms. The molecule has 0 aliphatic heterocycles. The number of hydrogen-bond donors (Lipinski definition) is 2. The summed E-state index contributed by atoms with van der Waals surface area (Å²) in [5, 5.41) is 19.7. The molecule has 0 radical (unpaired) electrons. The van der Waals surface area contributed by atoms with Gasteiger partial charge in [0.2, 0.25) is 4.96 Å². The third-order valence-electron chi connectivity index (χ3n) is 4.81. The van der Waals surface area contributed by atoms with E-state index in [4.69, 9.17) is 12.2 Å². The number of nitrogens with zero attached hydrogens (tertiary/aromatic N) is 4. The molecule has 2 heterocycles. The number of nitrogens with one attached hydrogen (secondary N) is 2. The van der Waals surface area contributed by atoms with Crippen LogP contribution < -0.4 is 10.6 Å². The van der Waals surface area contributed by atoms with Crippen LogP contribution in [0, 0.1) is 13.8 Å². The Morgan fingerprint density at radius 3 is 2.60 bits per heavy atom. The molecular formula is C21H20N6OS2. The molecule has 0 atom stereocenters. The van der Waals surface area contributed by atoms with Crippen molar-refractivity contribution < 1.29 is 4.79 Å². The van der Waals surface area contributed by atoms with Crippen LogP contribution >= 0.6 is 23.6 Å². The van der Waals surface area contributed by atoms with Gasteiger partial charge in [-0.15, -0.1) is 10.2 Å². The summed E-state index contributed by atoms with van der Waals surface area (Å²) >= 11 is 6.83. The maximum absolute atomic E-state index is 12.5. The quantitative estimate of drug-likeness (QED) is 0.468. The minimum atomic E-state index is -0.243. The number of aromatic nitrogens is 4. The molecule has 0 aliphatic rings. The molecule has 2 aromatic carbocycles. The van der Waals surface area contributed by atoms with Gasteiger partial charge in [-0.05, 0) is 61.8 Å². The van der Waals surface area contributed by atoms with Crippen molar-refractivity contribution in [2.75, 3.05) is 5.32 Å². The first-order valence-corrected chi connectivity index (χ1v) is 10.7. The van der Waals surface area contributed by atoms with E-state index in [9.17, 15) is 4.79 Å². The van der Waals surface area contributed by atoms with E-state index in [1.54, 1.807) is 16.6 Å². The van der Waals surface area contributed by atoms with E-state index in [2.05, 4.69) is 32.9 Å². The summed E-state index contributed by atoms with van der Waals surface area (Å²) in [7, 11) is 0. The van der Waals surface area contributed by atoms with Gasteiger partial charge >= 0.3 is 0 Å². The van der Waals surface area contributed by atoms with Gasteiger partial charge in [0.05, 0.1) is 0 Å². The zero-order chi connectivity index (χ0) is 21.3. The van der Waals surface area contributed by atoms with Crippen molar-refractivity contribution in [3.63, 3.8) is 0 Å². The standard InChI is InChI=1S/C21H20N6OS2/c1-4-14-8-10-15(11-9-14)18(28)23-20(29)22-17-7-5-6-16(12(17)2)19-26-27-13(3)24-25-21(27)30-19/h5-11H,4H2,1-3H3,(H2,22,23,28,29). The summed E-state index contributed by atoms with van der Waals surface area (Å²) in [4.78, 5) is 13.2. The lowest BCUT2D eigenvalue weighted by Gasteiger charge is -2.13. The average Bonchev–Trinajstić information content (AvgIpc) is 3.31. The first kappa shape index (κ1) is 20.1.